The average molecular weight is 416 g/mol. The number of hydrogen-bond acceptors (Lipinski definition) is 4. The molecular formula is C25H24N2O4. The van der Waals surface area contributed by atoms with E-state index >= 15 is 0 Å². The molecule has 0 spiro atoms. The van der Waals surface area contributed by atoms with E-state index in [1.54, 1.807) is 31.2 Å². The summed E-state index contributed by atoms with van der Waals surface area (Å²) in [5, 5.41) is 2.61. The van der Waals surface area contributed by atoms with Crippen molar-refractivity contribution in [1.82, 2.24) is 4.90 Å². The van der Waals surface area contributed by atoms with Crippen LogP contribution in [-0.2, 0) is 27.4 Å². The van der Waals surface area contributed by atoms with Crippen molar-refractivity contribution in [1.29, 1.82) is 0 Å². The summed E-state index contributed by atoms with van der Waals surface area (Å²) in [5.74, 6) is -1.81. The van der Waals surface area contributed by atoms with E-state index in [4.69, 9.17) is 4.74 Å². The van der Waals surface area contributed by atoms with Gasteiger partial charge in [0.1, 0.15) is 0 Å². The number of nitrogens with zero attached hydrogens (tertiary/aromatic N) is 1. The van der Waals surface area contributed by atoms with Crippen molar-refractivity contribution in [3.05, 3.63) is 102 Å². The number of ether oxygens (including phenoxy) is 1. The maximum atomic E-state index is 13.0. The number of nitrogens with one attached hydrogen (secondary N) is 1. The van der Waals surface area contributed by atoms with Crippen molar-refractivity contribution < 1.29 is 19.1 Å². The average Bonchev–Trinajstić information content (AvgIpc) is 2.80. The molecule has 31 heavy (non-hydrogen) atoms. The molecule has 0 aliphatic carbocycles. The van der Waals surface area contributed by atoms with Crippen molar-refractivity contribution in [2.45, 2.75) is 20.0 Å². The quantitative estimate of drug-likeness (QED) is 0.466. The van der Waals surface area contributed by atoms with Crippen molar-refractivity contribution in [2.24, 2.45) is 0 Å². The lowest BCUT2D eigenvalue weighted by atomic mass is 10.1. The molecule has 2 amide bonds. The SMILES string of the molecule is CCOC(=O)c1ccc(NC(=O)C(=O)N(Cc2ccccc2)Cc2ccccc2)cc1. The summed E-state index contributed by atoms with van der Waals surface area (Å²) in [6.07, 6.45) is 0. The van der Waals surface area contributed by atoms with Gasteiger partial charge in [-0.1, -0.05) is 60.7 Å². The molecule has 6 nitrogen and oxygen atoms in total. The molecule has 0 aromatic heterocycles. The second-order valence-corrected chi connectivity index (χ2v) is 6.88. The minimum absolute atomic E-state index is 0.282. The molecule has 0 saturated carbocycles. The van der Waals surface area contributed by atoms with Crippen LogP contribution in [0.25, 0.3) is 0 Å². The second kappa shape index (κ2) is 10.7. The molecule has 6 heteroatoms. The van der Waals surface area contributed by atoms with Crippen LogP contribution in [0, 0.1) is 0 Å². The van der Waals surface area contributed by atoms with Crippen LogP contribution >= 0.6 is 0 Å². The first-order valence-electron chi connectivity index (χ1n) is 10.0. The summed E-state index contributed by atoms with van der Waals surface area (Å²) in [7, 11) is 0. The maximum Gasteiger partial charge on any atom is 0.338 e. The lowest BCUT2D eigenvalue weighted by molar-refractivity contribution is -0.144. The molecule has 1 N–H and O–H groups in total. The highest BCUT2D eigenvalue weighted by Crippen LogP contribution is 2.14. The van der Waals surface area contributed by atoms with Gasteiger partial charge in [0.25, 0.3) is 0 Å². The maximum absolute atomic E-state index is 13.0. The third-order valence-corrected chi connectivity index (χ3v) is 4.57. The van der Waals surface area contributed by atoms with Gasteiger partial charge >= 0.3 is 17.8 Å². The largest absolute Gasteiger partial charge is 0.462 e. The molecule has 0 atom stereocenters. The Morgan fingerprint density at radius 2 is 1.29 bits per heavy atom. The molecule has 3 aromatic carbocycles. The van der Waals surface area contributed by atoms with Gasteiger partial charge in [-0.2, -0.15) is 0 Å². The van der Waals surface area contributed by atoms with Gasteiger partial charge in [0.2, 0.25) is 0 Å². The predicted molar refractivity (Wildman–Crippen MR) is 118 cm³/mol. The monoisotopic (exact) mass is 416 g/mol. The number of rotatable bonds is 7. The van der Waals surface area contributed by atoms with Crippen LogP contribution in [0.5, 0.6) is 0 Å². The number of carbonyl (C=O) groups is 3. The predicted octanol–water partition coefficient (Wildman–Crippen LogP) is 4.03. The number of anilines is 1. The molecule has 158 valence electrons. The van der Waals surface area contributed by atoms with Gasteiger partial charge in [0, 0.05) is 18.8 Å². The first kappa shape index (κ1) is 21.8. The zero-order valence-corrected chi connectivity index (χ0v) is 17.3. The Labute approximate surface area is 181 Å². The van der Waals surface area contributed by atoms with E-state index < -0.39 is 17.8 Å². The summed E-state index contributed by atoms with van der Waals surface area (Å²) in [5.41, 5.74) is 2.66. The smallest absolute Gasteiger partial charge is 0.338 e. The summed E-state index contributed by atoms with van der Waals surface area (Å²) in [6.45, 7) is 2.63. The molecule has 0 radical (unpaired) electrons. The van der Waals surface area contributed by atoms with Crippen molar-refractivity contribution in [2.75, 3.05) is 11.9 Å². The van der Waals surface area contributed by atoms with E-state index in [1.807, 2.05) is 60.7 Å². The standard InChI is InChI=1S/C25H24N2O4/c1-2-31-25(30)21-13-15-22(16-14-21)26-23(28)24(29)27(17-19-9-5-3-6-10-19)18-20-11-7-4-8-12-20/h3-16H,2,17-18H2,1H3,(H,26,28). The number of hydrogen-bond donors (Lipinski definition) is 1. The zero-order chi connectivity index (χ0) is 22.1. The van der Waals surface area contributed by atoms with E-state index in [0.717, 1.165) is 11.1 Å². The van der Waals surface area contributed by atoms with E-state index in [9.17, 15) is 14.4 Å². The fourth-order valence-corrected chi connectivity index (χ4v) is 3.04. The van der Waals surface area contributed by atoms with Crippen LogP contribution < -0.4 is 5.32 Å². The molecule has 0 bridgehead atoms. The summed E-state index contributed by atoms with van der Waals surface area (Å²) < 4.78 is 4.94. The highest BCUT2D eigenvalue weighted by atomic mass is 16.5. The highest BCUT2D eigenvalue weighted by Gasteiger charge is 2.22. The zero-order valence-electron chi connectivity index (χ0n) is 17.3. The Balaban J connectivity index is 1.71. The van der Waals surface area contributed by atoms with Crippen molar-refractivity contribution in [3.63, 3.8) is 0 Å². The van der Waals surface area contributed by atoms with Gasteiger partial charge in [-0.05, 0) is 42.3 Å². The number of carbonyl (C=O) groups excluding carboxylic acids is 3. The second-order valence-electron chi connectivity index (χ2n) is 6.88. The molecule has 3 aromatic rings. The molecular weight excluding hydrogens is 392 g/mol. The van der Waals surface area contributed by atoms with Crippen molar-refractivity contribution >= 4 is 23.5 Å². The van der Waals surface area contributed by atoms with E-state index in [1.165, 1.54) is 4.90 Å². The summed E-state index contributed by atoms with van der Waals surface area (Å²) in [4.78, 5) is 38.9. The fraction of sp³-hybridized carbons (Fsp3) is 0.160. The minimum atomic E-state index is -0.740. The van der Waals surface area contributed by atoms with E-state index in [2.05, 4.69) is 5.32 Å². The molecule has 3 rings (SSSR count). The molecule has 0 fully saturated rings. The fourth-order valence-electron chi connectivity index (χ4n) is 3.04. The van der Waals surface area contributed by atoms with Crippen LogP contribution in [0.2, 0.25) is 0 Å². The number of benzene rings is 3. The van der Waals surface area contributed by atoms with Crippen LogP contribution in [-0.4, -0.2) is 29.3 Å². The van der Waals surface area contributed by atoms with Gasteiger partial charge in [0.05, 0.1) is 12.2 Å². The third-order valence-electron chi connectivity index (χ3n) is 4.57. The summed E-state index contributed by atoms with van der Waals surface area (Å²) in [6, 6.07) is 25.3. The normalized spacial score (nSPS) is 10.2. The van der Waals surface area contributed by atoms with Gasteiger partial charge in [-0.3, -0.25) is 9.59 Å². The van der Waals surface area contributed by atoms with Gasteiger partial charge < -0.3 is 15.0 Å². The topological polar surface area (TPSA) is 75.7 Å². The molecule has 0 saturated heterocycles. The van der Waals surface area contributed by atoms with Crippen LogP contribution in [0.15, 0.2) is 84.9 Å². The number of amides is 2. The lowest BCUT2D eigenvalue weighted by Crippen LogP contribution is -2.38. The van der Waals surface area contributed by atoms with Gasteiger partial charge in [-0.15, -0.1) is 0 Å². The van der Waals surface area contributed by atoms with E-state index in [0.29, 0.717) is 24.3 Å². The molecule has 0 aliphatic rings. The van der Waals surface area contributed by atoms with Gasteiger partial charge in [0.15, 0.2) is 0 Å². The highest BCUT2D eigenvalue weighted by molar-refractivity contribution is 6.39. The van der Waals surface area contributed by atoms with Crippen LogP contribution in [0.4, 0.5) is 5.69 Å². The minimum Gasteiger partial charge on any atom is -0.462 e. The molecule has 0 aliphatic heterocycles. The van der Waals surface area contributed by atoms with E-state index in [-0.39, 0.29) is 6.61 Å². The Kier molecular flexibility index (Phi) is 7.54. The Hall–Kier alpha value is -3.93. The third kappa shape index (κ3) is 6.27. The van der Waals surface area contributed by atoms with Crippen LogP contribution in [0.3, 0.4) is 0 Å². The first-order valence-corrected chi connectivity index (χ1v) is 10.0. The van der Waals surface area contributed by atoms with Crippen LogP contribution in [0.1, 0.15) is 28.4 Å². The first-order chi connectivity index (χ1) is 15.1. The Bertz CT molecular complexity index is 977. The van der Waals surface area contributed by atoms with Crippen molar-refractivity contribution in [3.8, 4) is 0 Å². The Morgan fingerprint density at radius 1 is 0.774 bits per heavy atom. The molecule has 0 unspecified atom stereocenters. The Morgan fingerprint density at radius 3 is 1.77 bits per heavy atom. The number of esters is 1. The molecule has 0 heterocycles. The lowest BCUT2D eigenvalue weighted by Gasteiger charge is -2.22. The van der Waals surface area contributed by atoms with Gasteiger partial charge in [-0.25, -0.2) is 4.79 Å². The summed E-state index contributed by atoms with van der Waals surface area (Å²) >= 11 is 0.